The van der Waals surface area contributed by atoms with E-state index >= 15 is 0 Å². The van der Waals surface area contributed by atoms with E-state index in [1.54, 1.807) is 25.4 Å². The molecule has 1 aliphatic heterocycles. The first kappa shape index (κ1) is 38.7. The van der Waals surface area contributed by atoms with Crippen LogP contribution < -0.4 is 14.2 Å². The Hall–Kier alpha value is -4.51. The molecule has 1 aromatic heterocycles. The molecule has 10 nitrogen and oxygen atoms in total. The minimum Gasteiger partial charge on any atom is -0.496 e. The Morgan fingerprint density at radius 1 is 0.846 bits per heavy atom. The van der Waals surface area contributed by atoms with Gasteiger partial charge in [0.1, 0.15) is 28.6 Å². The number of furan rings is 1. The van der Waals surface area contributed by atoms with Crippen LogP contribution in [0.4, 0.5) is 4.79 Å². The predicted octanol–water partition coefficient (Wildman–Crippen LogP) is 8.67. The monoisotopic (exact) mass is 715 g/mol. The highest BCUT2D eigenvalue weighted by Crippen LogP contribution is 2.35. The van der Waals surface area contributed by atoms with E-state index in [-0.39, 0.29) is 18.1 Å². The molecule has 0 radical (unpaired) electrons. The summed E-state index contributed by atoms with van der Waals surface area (Å²) < 4.78 is 46.7. The van der Waals surface area contributed by atoms with Gasteiger partial charge in [0.2, 0.25) is 0 Å². The summed E-state index contributed by atoms with van der Waals surface area (Å²) >= 11 is 0. The van der Waals surface area contributed by atoms with Gasteiger partial charge in [-0.15, -0.1) is 0 Å². The van der Waals surface area contributed by atoms with E-state index in [0.717, 1.165) is 64.5 Å². The van der Waals surface area contributed by atoms with Crippen molar-refractivity contribution in [3.05, 3.63) is 102 Å². The summed E-state index contributed by atoms with van der Waals surface area (Å²) in [6, 6.07) is 25.9. The summed E-state index contributed by atoms with van der Waals surface area (Å²) in [5.74, 6) is 3.16. The smallest absolute Gasteiger partial charge is 0.410 e. The molecule has 280 valence electrons. The van der Waals surface area contributed by atoms with E-state index in [4.69, 9.17) is 37.6 Å². The minimum absolute atomic E-state index is 0.0725. The maximum atomic E-state index is 13.1. The standard InChI is InChI=1S/C42H53NO9/c1-42(2,3)52-41(44)43-21-20-35(32-15-17-34(18-16-32)48-25-10-23-47-30-33-11-6-7-12-37(33)46-5)40(28-43)51-29-31-14-19-36(38-13-8-24-49-38)39(27-31)50-26-9-22-45-4/h6-8,11-19,24,27,35,40H,9-10,20-23,25-26,28-30H2,1-5H3. The van der Waals surface area contributed by atoms with Crippen molar-refractivity contribution in [2.45, 2.75) is 70.9 Å². The second-order valence-corrected chi connectivity index (χ2v) is 13.8. The lowest BCUT2D eigenvalue weighted by molar-refractivity contribution is -0.0360. The average molecular weight is 716 g/mol. The zero-order chi connectivity index (χ0) is 36.8. The van der Waals surface area contributed by atoms with Gasteiger partial charge in [0.25, 0.3) is 0 Å². The number of methoxy groups -OCH3 is 2. The number of likely N-dealkylation sites (tertiary alicyclic amines) is 1. The zero-order valence-electron chi connectivity index (χ0n) is 31.1. The van der Waals surface area contributed by atoms with Gasteiger partial charge in [-0.2, -0.15) is 0 Å². The third-order valence-electron chi connectivity index (χ3n) is 8.72. The summed E-state index contributed by atoms with van der Waals surface area (Å²) in [5, 5.41) is 0. The number of nitrogens with zero attached hydrogens (tertiary/aromatic N) is 1. The summed E-state index contributed by atoms with van der Waals surface area (Å²) in [6.07, 6.45) is 3.33. The molecule has 3 aromatic carbocycles. The number of carbonyl (C=O) groups excluding carboxylic acids is 1. The van der Waals surface area contributed by atoms with Crippen LogP contribution in [-0.2, 0) is 32.2 Å². The van der Waals surface area contributed by atoms with Crippen LogP contribution in [0.5, 0.6) is 17.2 Å². The first-order valence-corrected chi connectivity index (χ1v) is 18.0. The van der Waals surface area contributed by atoms with Crippen LogP contribution in [-0.4, -0.2) is 76.4 Å². The number of para-hydroxylation sites is 1. The fourth-order valence-electron chi connectivity index (χ4n) is 6.13. The molecule has 0 saturated carbocycles. The van der Waals surface area contributed by atoms with Crippen molar-refractivity contribution in [3.63, 3.8) is 0 Å². The van der Waals surface area contributed by atoms with Gasteiger partial charge in [0.05, 0.1) is 64.6 Å². The molecule has 1 fully saturated rings. The van der Waals surface area contributed by atoms with Crippen molar-refractivity contribution < 1.29 is 42.4 Å². The third kappa shape index (κ3) is 11.5. The van der Waals surface area contributed by atoms with Crippen molar-refractivity contribution in [1.29, 1.82) is 0 Å². The van der Waals surface area contributed by atoms with Crippen LogP contribution in [0.1, 0.15) is 62.6 Å². The molecule has 1 aliphatic rings. The molecule has 2 unspecified atom stereocenters. The molecule has 0 N–H and O–H groups in total. The largest absolute Gasteiger partial charge is 0.496 e. The van der Waals surface area contributed by atoms with Gasteiger partial charge in [0.15, 0.2) is 0 Å². The van der Waals surface area contributed by atoms with E-state index in [0.29, 0.717) is 52.7 Å². The molecule has 1 amide bonds. The Labute approximate surface area is 307 Å². The predicted molar refractivity (Wildman–Crippen MR) is 199 cm³/mol. The molecule has 2 heterocycles. The summed E-state index contributed by atoms with van der Waals surface area (Å²) in [5.41, 5.74) is 3.41. The maximum Gasteiger partial charge on any atom is 0.410 e. The lowest BCUT2D eigenvalue weighted by atomic mass is 9.87. The van der Waals surface area contributed by atoms with E-state index in [9.17, 15) is 4.79 Å². The van der Waals surface area contributed by atoms with E-state index in [2.05, 4.69) is 12.1 Å². The number of benzene rings is 3. The number of amides is 1. The molecule has 2 atom stereocenters. The molecular formula is C42H53NO9. The van der Waals surface area contributed by atoms with Crippen LogP contribution in [0.2, 0.25) is 0 Å². The fourth-order valence-corrected chi connectivity index (χ4v) is 6.13. The number of hydrogen-bond acceptors (Lipinski definition) is 9. The SMILES string of the molecule is COCCCOc1cc(COC2CN(C(=O)OC(C)(C)C)CCC2c2ccc(OCCCOCc3ccccc3OC)cc2)ccc1-c1ccco1. The van der Waals surface area contributed by atoms with Crippen LogP contribution in [0.25, 0.3) is 11.3 Å². The van der Waals surface area contributed by atoms with Crippen molar-refractivity contribution in [2.75, 3.05) is 53.7 Å². The van der Waals surface area contributed by atoms with Crippen LogP contribution in [0.3, 0.4) is 0 Å². The number of rotatable bonds is 18. The Morgan fingerprint density at radius 3 is 2.38 bits per heavy atom. The van der Waals surface area contributed by atoms with Crippen molar-refractivity contribution in [1.82, 2.24) is 4.90 Å². The van der Waals surface area contributed by atoms with Crippen LogP contribution in [0, 0.1) is 0 Å². The van der Waals surface area contributed by atoms with E-state index in [1.807, 2.05) is 87.5 Å². The Morgan fingerprint density at radius 2 is 1.63 bits per heavy atom. The van der Waals surface area contributed by atoms with Gasteiger partial charge in [-0.1, -0.05) is 36.4 Å². The first-order valence-electron chi connectivity index (χ1n) is 18.0. The lowest BCUT2D eigenvalue weighted by Gasteiger charge is -2.39. The third-order valence-corrected chi connectivity index (χ3v) is 8.72. The molecule has 4 aromatic rings. The highest BCUT2D eigenvalue weighted by molar-refractivity contribution is 5.68. The molecule has 52 heavy (non-hydrogen) atoms. The highest BCUT2D eigenvalue weighted by Gasteiger charge is 2.35. The van der Waals surface area contributed by atoms with Gasteiger partial charge >= 0.3 is 6.09 Å². The second kappa shape index (κ2) is 19.4. The molecule has 0 aliphatic carbocycles. The van der Waals surface area contributed by atoms with Gasteiger partial charge in [0, 0.05) is 44.6 Å². The van der Waals surface area contributed by atoms with Crippen molar-refractivity contribution in [3.8, 4) is 28.6 Å². The number of hydrogen-bond donors (Lipinski definition) is 0. The number of piperidine rings is 1. The van der Waals surface area contributed by atoms with Gasteiger partial charge in [-0.3, -0.25) is 0 Å². The molecule has 0 spiro atoms. The Kier molecular flexibility index (Phi) is 14.4. The number of ether oxygens (including phenoxy) is 7. The minimum atomic E-state index is -0.586. The fraction of sp³-hybridized carbons (Fsp3) is 0.452. The van der Waals surface area contributed by atoms with Crippen LogP contribution in [0.15, 0.2) is 89.5 Å². The summed E-state index contributed by atoms with van der Waals surface area (Å²) in [4.78, 5) is 14.9. The maximum absolute atomic E-state index is 13.1. The quantitative estimate of drug-likeness (QED) is 0.0938. The molecule has 10 heteroatoms. The molecule has 0 bridgehead atoms. The molecule has 1 saturated heterocycles. The average Bonchev–Trinajstić information content (AvgIpc) is 3.69. The lowest BCUT2D eigenvalue weighted by Crippen LogP contribution is -2.48. The molecule has 5 rings (SSSR count). The Balaban J connectivity index is 1.21. The normalized spacial score (nSPS) is 16.1. The topological polar surface area (TPSA) is 98.1 Å². The first-order chi connectivity index (χ1) is 25.2. The number of carbonyl (C=O) groups is 1. The van der Waals surface area contributed by atoms with Gasteiger partial charge in [-0.05, 0) is 80.8 Å². The van der Waals surface area contributed by atoms with Crippen LogP contribution >= 0.6 is 0 Å². The summed E-state index contributed by atoms with van der Waals surface area (Å²) in [7, 11) is 3.35. The highest BCUT2D eigenvalue weighted by atomic mass is 16.6. The van der Waals surface area contributed by atoms with Gasteiger partial charge in [-0.25, -0.2) is 4.79 Å². The van der Waals surface area contributed by atoms with Gasteiger partial charge < -0.3 is 42.5 Å². The van der Waals surface area contributed by atoms with Crippen molar-refractivity contribution in [2.24, 2.45) is 0 Å². The summed E-state index contributed by atoms with van der Waals surface area (Å²) in [6.45, 7) is 9.72. The molecular weight excluding hydrogens is 662 g/mol. The van der Waals surface area contributed by atoms with E-state index in [1.165, 1.54) is 0 Å². The van der Waals surface area contributed by atoms with Crippen molar-refractivity contribution >= 4 is 6.09 Å². The zero-order valence-corrected chi connectivity index (χ0v) is 31.1. The van der Waals surface area contributed by atoms with E-state index < -0.39 is 5.60 Å². The second-order valence-electron chi connectivity index (χ2n) is 13.8. The Bertz CT molecular complexity index is 1650.